The summed E-state index contributed by atoms with van der Waals surface area (Å²) < 4.78 is 0. The van der Waals surface area contributed by atoms with Crippen LogP contribution in [0.5, 0.6) is 0 Å². The first-order valence-corrected chi connectivity index (χ1v) is 7.12. The number of rotatable bonds is 7. The van der Waals surface area contributed by atoms with Gasteiger partial charge in [-0.2, -0.15) is 0 Å². The average molecular weight is 299 g/mol. The zero-order valence-corrected chi connectivity index (χ0v) is 13.5. The van der Waals surface area contributed by atoms with Crippen molar-refractivity contribution in [3.63, 3.8) is 0 Å². The zero-order chi connectivity index (χ0) is 14.3. The van der Waals surface area contributed by atoms with Crippen molar-refractivity contribution in [3.05, 3.63) is 35.4 Å². The van der Waals surface area contributed by atoms with Gasteiger partial charge >= 0.3 is 0 Å². The molecule has 2 unspecified atom stereocenters. The van der Waals surface area contributed by atoms with Crippen LogP contribution in [0.3, 0.4) is 0 Å². The van der Waals surface area contributed by atoms with Crippen molar-refractivity contribution in [1.29, 1.82) is 0 Å². The number of hydrogen-bond donors (Lipinski definition) is 2. The first-order valence-electron chi connectivity index (χ1n) is 7.12. The van der Waals surface area contributed by atoms with Crippen LogP contribution in [0.25, 0.3) is 0 Å². The molecule has 0 spiro atoms. The zero-order valence-electron chi connectivity index (χ0n) is 12.7. The van der Waals surface area contributed by atoms with Crippen molar-refractivity contribution in [2.75, 3.05) is 13.1 Å². The van der Waals surface area contributed by atoms with Gasteiger partial charge in [-0.25, -0.2) is 0 Å². The van der Waals surface area contributed by atoms with Gasteiger partial charge in [0.05, 0.1) is 0 Å². The molecule has 0 aromatic heterocycles. The van der Waals surface area contributed by atoms with Gasteiger partial charge in [0, 0.05) is 13.0 Å². The van der Waals surface area contributed by atoms with E-state index in [9.17, 15) is 4.79 Å². The topological polar surface area (TPSA) is 55.1 Å². The lowest BCUT2D eigenvalue weighted by Crippen LogP contribution is -2.31. The molecule has 0 saturated carbocycles. The minimum absolute atomic E-state index is 0. The maximum absolute atomic E-state index is 11.8. The SMILES string of the molecule is CCc1ccc(C(C)CC(=O)NCC(C)CN)cc1.Cl. The van der Waals surface area contributed by atoms with Crippen molar-refractivity contribution in [2.45, 2.75) is 39.5 Å². The minimum Gasteiger partial charge on any atom is -0.356 e. The Bertz CT molecular complexity index is 392. The fraction of sp³-hybridized carbons (Fsp3) is 0.562. The van der Waals surface area contributed by atoms with E-state index >= 15 is 0 Å². The highest BCUT2D eigenvalue weighted by Crippen LogP contribution is 2.19. The minimum atomic E-state index is 0. The molecule has 0 saturated heterocycles. The van der Waals surface area contributed by atoms with E-state index in [1.54, 1.807) is 0 Å². The van der Waals surface area contributed by atoms with E-state index in [0.29, 0.717) is 25.4 Å². The van der Waals surface area contributed by atoms with Crippen LogP contribution in [-0.2, 0) is 11.2 Å². The lowest BCUT2D eigenvalue weighted by atomic mass is 9.96. The van der Waals surface area contributed by atoms with Crippen molar-refractivity contribution in [2.24, 2.45) is 11.7 Å². The summed E-state index contributed by atoms with van der Waals surface area (Å²) in [4.78, 5) is 11.8. The summed E-state index contributed by atoms with van der Waals surface area (Å²) in [5.74, 6) is 0.689. The average Bonchev–Trinajstić information content (AvgIpc) is 2.44. The number of amides is 1. The predicted molar refractivity (Wildman–Crippen MR) is 87.3 cm³/mol. The number of benzene rings is 1. The number of carbonyl (C=O) groups excluding carboxylic acids is 1. The molecule has 1 aromatic rings. The molecule has 3 N–H and O–H groups in total. The summed E-state index contributed by atoms with van der Waals surface area (Å²) in [5.41, 5.74) is 8.08. The normalized spacial score (nSPS) is 13.2. The molecule has 0 aliphatic heterocycles. The molecule has 0 aliphatic carbocycles. The van der Waals surface area contributed by atoms with Gasteiger partial charge in [-0.3, -0.25) is 4.79 Å². The van der Waals surface area contributed by atoms with Crippen LogP contribution >= 0.6 is 12.4 Å². The summed E-state index contributed by atoms with van der Waals surface area (Å²) in [6, 6.07) is 8.53. The van der Waals surface area contributed by atoms with Crippen LogP contribution in [0.4, 0.5) is 0 Å². The van der Waals surface area contributed by atoms with Crippen LogP contribution in [0.1, 0.15) is 44.2 Å². The van der Waals surface area contributed by atoms with Gasteiger partial charge in [0.1, 0.15) is 0 Å². The number of hydrogen-bond acceptors (Lipinski definition) is 2. The molecule has 4 heteroatoms. The first-order chi connectivity index (χ1) is 9.06. The Hall–Kier alpha value is -1.06. The maximum Gasteiger partial charge on any atom is 0.220 e. The fourth-order valence-corrected chi connectivity index (χ4v) is 1.92. The molecular formula is C16H27ClN2O. The van der Waals surface area contributed by atoms with E-state index in [0.717, 1.165) is 6.42 Å². The Labute approximate surface area is 128 Å². The van der Waals surface area contributed by atoms with Crippen LogP contribution in [0.15, 0.2) is 24.3 Å². The first kappa shape index (κ1) is 18.9. The van der Waals surface area contributed by atoms with Crippen LogP contribution in [0.2, 0.25) is 0 Å². The molecule has 2 atom stereocenters. The third kappa shape index (κ3) is 6.40. The van der Waals surface area contributed by atoms with Crippen molar-refractivity contribution in [1.82, 2.24) is 5.32 Å². The van der Waals surface area contributed by atoms with Gasteiger partial charge in [0.15, 0.2) is 0 Å². The second kappa shape index (κ2) is 9.78. The van der Waals surface area contributed by atoms with Gasteiger partial charge in [-0.05, 0) is 35.9 Å². The van der Waals surface area contributed by atoms with Crippen molar-refractivity contribution >= 4 is 18.3 Å². The molecule has 0 heterocycles. The summed E-state index contributed by atoms with van der Waals surface area (Å²) in [5, 5.41) is 2.94. The Balaban J connectivity index is 0.00000361. The molecule has 20 heavy (non-hydrogen) atoms. The summed E-state index contributed by atoms with van der Waals surface area (Å²) in [6.45, 7) is 7.54. The summed E-state index contributed by atoms with van der Waals surface area (Å²) >= 11 is 0. The van der Waals surface area contributed by atoms with Gasteiger partial charge in [-0.15, -0.1) is 12.4 Å². The van der Waals surface area contributed by atoms with E-state index in [1.165, 1.54) is 11.1 Å². The number of nitrogens with two attached hydrogens (primary N) is 1. The van der Waals surface area contributed by atoms with E-state index in [1.807, 2.05) is 6.92 Å². The molecular weight excluding hydrogens is 272 g/mol. The number of halogens is 1. The standard InChI is InChI=1S/C16H26N2O.ClH/c1-4-14-5-7-15(8-6-14)13(3)9-16(19)18-11-12(2)10-17;/h5-8,12-13H,4,9-11,17H2,1-3H3,(H,18,19);1H. The highest BCUT2D eigenvalue weighted by atomic mass is 35.5. The summed E-state index contributed by atoms with van der Waals surface area (Å²) in [6.07, 6.45) is 1.58. The quantitative estimate of drug-likeness (QED) is 0.813. The number of nitrogens with one attached hydrogen (secondary N) is 1. The van der Waals surface area contributed by atoms with Gasteiger partial charge < -0.3 is 11.1 Å². The van der Waals surface area contributed by atoms with Crippen molar-refractivity contribution < 1.29 is 4.79 Å². The second-order valence-corrected chi connectivity index (χ2v) is 5.35. The number of aryl methyl sites for hydroxylation is 1. The molecule has 0 aliphatic rings. The smallest absolute Gasteiger partial charge is 0.220 e. The Morgan fingerprint density at radius 2 is 1.85 bits per heavy atom. The Morgan fingerprint density at radius 3 is 2.35 bits per heavy atom. The van der Waals surface area contributed by atoms with E-state index in [2.05, 4.69) is 43.4 Å². The molecule has 114 valence electrons. The molecule has 1 amide bonds. The third-order valence-electron chi connectivity index (χ3n) is 3.50. The van der Waals surface area contributed by atoms with E-state index in [-0.39, 0.29) is 24.2 Å². The van der Waals surface area contributed by atoms with E-state index < -0.39 is 0 Å². The monoisotopic (exact) mass is 298 g/mol. The number of carbonyl (C=O) groups is 1. The highest BCUT2D eigenvalue weighted by Gasteiger charge is 2.11. The van der Waals surface area contributed by atoms with Crippen LogP contribution < -0.4 is 11.1 Å². The van der Waals surface area contributed by atoms with Gasteiger partial charge in [-0.1, -0.05) is 45.0 Å². The predicted octanol–water partition coefficient (Wildman–Crippen LogP) is 2.88. The van der Waals surface area contributed by atoms with Gasteiger partial charge in [0.2, 0.25) is 5.91 Å². The Kier molecular flexibility index (Phi) is 9.26. The Morgan fingerprint density at radius 1 is 1.25 bits per heavy atom. The third-order valence-corrected chi connectivity index (χ3v) is 3.50. The maximum atomic E-state index is 11.8. The van der Waals surface area contributed by atoms with Crippen LogP contribution in [-0.4, -0.2) is 19.0 Å². The molecule has 3 nitrogen and oxygen atoms in total. The summed E-state index contributed by atoms with van der Waals surface area (Å²) in [7, 11) is 0. The largest absolute Gasteiger partial charge is 0.356 e. The lowest BCUT2D eigenvalue weighted by Gasteiger charge is -2.14. The van der Waals surface area contributed by atoms with Crippen LogP contribution in [0, 0.1) is 5.92 Å². The van der Waals surface area contributed by atoms with Crippen molar-refractivity contribution in [3.8, 4) is 0 Å². The molecule has 1 aromatic carbocycles. The molecule has 0 fully saturated rings. The fourth-order valence-electron chi connectivity index (χ4n) is 1.92. The van der Waals surface area contributed by atoms with E-state index in [4.69, 9.17) is 5.73 Å². The van der Waals surface area contributed by atoms with Gasteiger partial charge in [0.25, 0.3) is 0 Å². The highest BCUT2D eigenvalue weighted by molar-refractivity contribution is 5.85. The second-order valence-electron chi connectivity index (χ2n) is 5.35. The lowest BCUT2D eigenvalue weighted by molar-refractivity contribution is -0.121. The molecule has 1 rings (SSSR count). The molecule has 0 bridgehead atoms. The molecule has 0 radical (unpaired) electrons.